The number of anilines is 2. The van der Waals surface area contributed by atoms with Gasteiger partial charge in [0.05, 0.1) is 31.1 Å². The standard InChI is InChI=1S/C23H35N5O4S/c1-31-23(30)25-16-9-10-17-19(13-16)26-21(29)8-6-5-7-18(24)22-27-20(17)14-28(22)15-32-11-12-33(2,3)4/h9-10,13-14,18H,5-8,11-12,15,24H2,1-4H3,(H,25,30)(H,26,29)/t18-/m0/s1. The van der Waals surface area contributed by atoms with E-state index in [2.05, 4.69) is 34.1 Å². The van der Waals surface area contributed by atoms with E-state index in [4.69, 9.17) is 15.5 Å². The Morgan fingerprint density at radius 3 is 2.85 bits per heavy atom. The lowest BCUT2D eigenvalue weighted by atomic mass is 10.1. The quantitative estimate of drug-likeness (QED) is 0.543. The van der Waals surface area contributed by atoms with E-state index in [1.807, 2.05) is 16.8 Å². The molecule has 2 amide bonds. The highest BCUT2D eigenvalue weighted by atomic mass is 32.3. The normalized spacial score (nSPS) is 17.2. The molecule has 3 rings (SSSR count). The summed E-state index contributed by atoms with van der Waals surface area (Å²) in [6.45, 7) is 1.05. The van der Waals surface area contributed by atoms with Crippen LogP contribution in [0.25, 0.3) is 11.3 Å². The molecular weight excluding hydrogens is 442 g/mol. The summed E-state index contributed by atoms with van der Waals surface area (Å²) in [5, 5.41) is 5.60. The second-order valence-corrected chi connectivity index (χ2v) is 13.7. The SMILES string of the molecule is COC(=O)Nc1ccc2c(c1)NC(=O)CCCC[C@H](N)c1nc-2cn1COCCS(C)(C)C. The second-order valence-electron chi connectivity index (χ2n) is 9.06. The topological polar surface area (TPSA) is 121 Å². The lowest BCUT2D eigenvalue weighted by Gasteiger charge is -2.24. The van der Waals surface area contributed by atoms with E-state index < -0.39 is 16.1 Å². The fourth-order valence-corrected chi connectivity index (χ4v) is 4.16. The Hall–Kier alpha value is -2.56. The number of rotatable bonds is 6. The monoisotopic (exact) mass is 477 g/mol. The number of hydrogen-bond acceptors (Lipinski definition) is 6. The van der Waals surface area contributed by atoms with Crippen molar-refractivity contribution < 1.29 is 19.1 Å². The minimum Gasteiger partial charge on any atom is -0.453 e. The van der Waals surface area contributed by atoms with Crippen LogP contribution in [0.5, 0.6) is 0 Å². The van der Waals surface area contributed by atoms with Crippen molar-refractivity contribution in [2.24, 2.45) is 5.73 Å². The third-order valence-corrected chi connectivity index (χ3v) is 6.77. The summed E-state index contributed by atoms with van der Waals surface area (Å²) in [4.78, 5) is 29.0. The fourth-order valence-electron chi connectivity index (χ4n) is 3.54. The Morgan fingerprint density at radius 2 is 2.12 bits per heavy atom. The molecule has 33 heavy (non-hydrogen) atoms. The van der Waals surface area contributed by atoms with Crippen LogP contribution in [0.2, 0.25) is 0 Å². The molecular formula is C23H35N5O4S. The average molecular weight is 478 g/mol. The first-order valence-electron chi connectivity index (χ1n) is 11.0. The van der Waals surface area contributed by atoms with Gasteiger partial charge in [0.1, 0.15) is 12.6 Å². The van der Waals surface area contributed by atoms with Crippen molar-refractivity contribution >= 4 is 33.4 Å². The zero-order chi connectivity index (χ0) is 24.0. The van der Waals surface area contributed by atoms with Gasteiger partial charge in [-0.2, -0.15) is 0 Å². The maximum atomic E-state index is 12.5. The minimum absolute atomic E-state index is 0.0896. The van der Waals surface area contributed by atoms with E-state index in [0.29, 0.717) is 36.8 Å². The van der Waals surface area contributed by atoms with Crippen molar-refractivity contribution in [3.05, 3.63) is 30.2 Å². The second kappa shape index (κ2) is 11.0. The summed E-state index contributed by atoms with van der Waals surface area (Å²) < 4.78 is 12.6. The number of nitrogens with zero attached hydrogens (tertiary/aromatic N) is 2. The Labute approximate surface area is 196 Å². The van der Waals surface area contributed by atoms with Crippen LogP contribution in [0.1, 0.15) is 37.5 Å². The van der Waals surface area contributed by atoms with E-state index in [1.54, 1.807) is 12.1 Å². The minimum atomic E-state index is -0.630. The molecule has 0 radical (unpaired) electrons. The Morgan fingerprint density at radius 1 is 1.33 bits per heavy atom. The lowest BCUT2D eigenvalue weighted by Crippen LogP contribution is -2.19. The summed E-state index contributed by atoms with van der Waals surface area (Å²) in [5.74, 6) is 1.71. The summed E-state index contributed by atoms with van der Waals surface area (Å²) in [7, 11) is 0.668. The molecule has 9 nitrogen and oxygen atoms in total. The number of nitrogens with two attached hydrogens (primary N) is 1. The third-order valence-electron chi connectivity index (χ3n) is 5.38. The number of amides is 2. The molecule has 0 aliphatic carbocycles. The Balaban J connectivity index is 1.94. The van der Waals surface area contributed by atoms with Crippen molar-refractivity contribution in [2.75, 3.05) is 48.9 Å². The molecule has 1 aliphatic heterocycles. The number of aromatic nitrogens is 2. The van der Waals surface area contributed by atoms with Crippen LogP contribution in [0.3, 0.4) is 0 Å². The highest BCUT2D eigenvalue weighted by Gasteiger charge is 2.20. The molecule has 2 aromatic rings. The van der Waals surface area contributed by atoms with Gasteiger partial charge in [-0.3, -0.25) is 10.1 Å². The first kappa shape index (κ1) is 25.1. The molecule has 182 valence electrons. The van der Waals surface area contributed by atoms with Gasteiger partial charge in [-0.05, 0) is 49.8 Å². The molecule has 2 bridgehead atoms. The molecule has 0 saturated carbocycles. The summed E-state index contributed by atoms with van der Waals surface area (Å²) in [6.07, 6.45) is 10.8. The molecule has 10 heteroatoms. The molecule has 1 aliphatic rings. The fraction of sp³-hybridized carbons (Fsp3) is 0.522. The molecule has 1 aromatic carbocycles. The first-order valence-corrected chi connectivity index (χ1v) is 14.0. The zero-order valence-corrected chi connectivity index (χ0v) is 20.7. The number of carbonyl (C=O) groups excluding carboxylic acids is 2. The Bertz CT molecular complexity index is 986. The predicted molar refractivity (Wildman–Crippen MR) is 134 cm³/mol. The largest absolute Gasteiger partial charge is 0.453 e. The smallest absolute Gasteiger partial charge is 0.411 e. The lowest BCUT2D eigenvalue weighted by molar-refractivity contribution is -0.116. The van der Waals surface area contributed by atoms with Crippen LogP contribution in [0, 0.1) is 0 Å². The van der Waals surface area contributed by atoms with Crippen LogP contribution >= 0.6 is 10.0 Å². The van der Waals surface area contributed by atoms with Crippen molar-refractivity contribution in [3.8, 4) is 11.3 Å². The molecule has 0 spiro atoms. The van der Waals surface area contributed by atoms with E-state index in [0.717, 1.165) is 36.4 Å². The van der Waals surface area contributed by atoms with Gasteiger partial charge in [0, 0.05) is 29.6 Å². The highest BCUT2D eigenvalue weighted by Crippen LogP contribution is 2.34. The van der Waals surface area contributed by atoms with E-state index in [1.165, 1.54) is 7.11 Å². The highest BCUT2D eigenvalue weighted by molar-refractivity contribution is 8.32. The Kier molecular flexibility index (Phi) is 8.39. The van der Waals surface area contributed by atoms with Crippen LogP contribution in [-0.4, -0.2) is 59.8 Å². The van der Waals surface area contributed by atoms with Crippen LogP contribution in [-0.2, 0) is 21.0 Å². The van der Waals surface area contributed by atoms with Crippen molar-refractivity contribution in [2.45, 2.75) is 38.5 Å². The van der Waals surface area contributed by atoms with Crippen molar-refractivity contribution in [1.29, 1.82) is 0 Å². The van der Waals surface area contributed by atoms with Gasteiger partial charge < -0.3 is 25.1 Å². The number of nitrogens with one attached hydrogen (secondary N) is 2. The van der Waals surface area contributed by atoms with E-state index in [9.17, 15) is 9.59 Å². The maximum Gasteiger partial charge on any atom is 0.411 e. The number of fused-ring (bicyclic) bond motifs is 4. The number of carbonyl (C=O) groups is 2. The van der Waals surface area contributed by atoms with Gasteiger partial charge in [-0.25, -0.2) is 19.8 Å². The first-order chi connectivity index (χ1) is 15.7. The van der Waals surface area contributed by atoms with Gasteiger partial charge in [0.15, 0.2) is 0 Å². The van der Waals surface area contributed by atoms with Crippen LogP contribution in [0.4, 0.5) is 16.2 Å². The molecule has 2 heterocycles. The molecule has 1 aromatic heterocycles. The summed E-state index contributed by atoms with van der Waals surface area (Å²) >= 11 is 0. The summed E-state index contributed by atoms with van der Waals surface area (Å²) in [5.41, 5.74) is 8.99. The molecule has 1 atom stereocenters. The van der Waals surface area contributed by atoms with Gasteiger partial charge in [0.25, 0.3) is 0 Å². The third kappa shape index (κ3) is 7.21. The molecule has 0 saturated heterocycles. The van der Waals surface area contributed by atoms with Crippen LogP contribution in [0.15, 0.2) is 24.4 Å². The van der Waals surface area contributed by atoms with Gasteiger partial charge in [0.2, 0.25) is 5.91 Å². The predicted octanol–water partition coefficient (Wildman–Crippen LogP) is 3.91. The van der Waals surface area contributed by atoms with Gasteiger partial charge >= 0.3 is 6.09 Å². The van der Waals surface area contributed by atoms with E-state index in [-0.39, 0.29) is 11.9 Å². The number of ether oxygens (including phenoxy) is 2. The number of benzene rings is 1. The van der Waals surface area contributed by atoms with Gasteiger partial charge in [-0.1, -0.05) is 6.42 Å². The number of hydrogen-bond donors (Lipinski definition) is 3. The number of imidazole rings is 1. The molecule has 0 fully saturated rings. The molecule has 4 N–H and O–H groups in total. The number of methoxy groups -OCH3 is 1. The zero-order valence-electron chi connectivity index (χ0n) is 19.8. The van der Waals surface area contributed by atoms with Crippen molar-refractivity contribution in [1.82, 2.24) is 9.55 Å². The van der Waals surface area contributed by atoms with E-state index >= 15 is 0 Å². The van der Waals surface area contributed by atoms with Crippen LogP contribution < -0.4 is 16.4 Å². The average Bonchev–Trinajstić information content (AvgIpc) is 3.17. The summed E-state index contributed by atoms with van der Waals surface area (Å²) in [6, 6.07) is 5.02. The van der Waals surface area contributed by atoms with Gasteiger partial charge in [-0.15, -0.1) is 0 Å². The van der Waals surface area contributed by atoms with Crippen molar-refractivity contribution in [3.63, 3.8) is 0 Å². The maximum absolute atomic E-state index is 12.5. The molecule has 0 unspecified atom stereocenters.